The SMILES string of the molecule is CN(C)Cc1nc(C(C)(C)NC(=O)c2ccc3c(c2)CCO3)no1. The van der Waals surface area contributed by atoms with Crippen LogP contribution in [0.3, 0.4) is 0 Å². The van der Waals surface area contributed by atoms with Crippen LogP contribution in [0.15, 0.2) is 22.7 Å². The van der Waals surface area contributed by atoms with Gasteiger partial charge in [-0.15, -0.1) is 0 Å². The first kappa shape index (κ1) is 16.4. The fourth-order valence-electron chi connectivity index (χ4n) is 2.58. The molecule has 1 aliphatic rings. The fourth-order valence-corrected chi connectivity index (χ4v) is 2.58. The van der Waals surface area contributed by atoms with Crippen molar-refractivity contribution in [1.82, 2.24) is 20.4 Å². The Morgan fingerprint density at radius 1 is 1.38 bits per heavy atom. The summed E-state index contributed by atoms with van der Waals surface area (Å²) in [4.78, 5) is 18.9. The van der Waals surface area contributed by atoms with Gasteiger partial charge in [-0.2, -0.15) is 4.98 Å². The zero-order valence-electron chi connectivity index (χ0n) is 14.4. The number of hydrogen-bond acceptors (Lipinski definition) is 6. The minimum Gasteiger partial charge on any atom is -0.493 e. The van der Waals surface area contributed by atoms with Gasteiger partial charge in [-0.25, -0.2) is 0 Å². The first-order chi connectivity index (χ1) is 11.3. The molecule has 0 radical (unpaired) electrons. The van der Waals surface area contributed by atoms with Gasteiger partial charge in [0.25, 0.3) is 5.91 Å². The normalized spacial score (nSPS) is 13.7. The lowest BCUT2D eigenvalue weighted by atomic mass is 10.0. The van der Waals surface area contributed by atoms with Gasteiger partial charge in [0.2, 0.25) is 5.89 Å². The van der Waals surface area contributed by atoms with E-state index >= 15 is 0 Å². The molecule has 1 aliphatic heterocycles. The van der Waals surface area contributed by atoms with E-state index in [-0.39, 0.29) is 5.91 Å². The molecule has 7 heteroatoms. The lowest BCUT2D eigenvalue weighted by molar-refractivity contribution is 0.0907. The van der Waals surface area contributed by atoms with Gasteiger partial charge >= 0.3 is 0 Å². The van der Waals surface area contributed by atoms with E-state index in [1.54, 1.807) is 6.07 Å². The molecule has 0 spiro atoms. The van der Waals surface area contributed by atoms with Crippen LogP contribution in [0.1, 0.15) is 41.5 Å². The van der Waals surface area contributed by atoms with Crippen LogP contribution in [0.25, 0.3) is 0 Å². The number of rotatable bonds is 5. The topological polar surface area (TPSA) is 80.5 Å². The Labute approximate surface area is 141 Å². The third-order valence-corrected chi connectivity index (χ3v) is 3.86. The number of hydrogen-bond donors (Lipinski definition) is 1. The van der Waals surface area contributed by atoms with E-state index in [9.17, 15) is 4.79 Å². The van der Waals surface area contributed by atoms with Crippen molar-refractivity contribution in [2.75, 3.05) is 20.7 Å². The Hall–Kier alpha value is -2.41. The molecule has 7 nitrogen and oxygen atoms in total. The molecule has 0 atom stereocenters. The summed E-state index contributed by atoms with van der Waals surface area (Å²) in [6.45, 7) is 4.93. The Balaban J connectivity index is 1.73. The summed E-state index contributed by atoms with van der Waals surface area (Å²) in [6.07, 6.45) is 0.832. The largest absolute Gasteiger partial charge is 0.493 e. The highest BCUT2D eigenvalue weighted by Crippen LogP contribution is 2.26. The minimum atomic E-state index is -0.735. The third kappa shape index (κ3) is 3.41. The van der Waals surface area contributed by atoms with Crippen molar-refractivity contribution in [2.24, 2.45) is 0 Å². The van der Waals surface area contributed by atoms with E-state index in [2.05, 4.69) is 15.5 Å². The van der Waals surface area contributed by atoms with Crippen molar-refractivity contribution >= 4 is 5.91 Å². The average Bonchev–Trinajstić information content (AvgIpc) is 3.14. The average molecular weight is 330 g/mol. The summed E-state index contributed by atoms with van der Waals surface area (Å²) < 4.78 is 10.7. The van der Waals surface area contributed by atoms with Crippen molar-refractivity contribution < 1.29 is 14.1 Å². The van der Waals surface area contributed by atoms with Crippen LogP contribution in [-0.4, -0.2) is 41.6 Å². The highest BCUT2D eigenvalue weighted by Gasteiger charge is 2.29. The molecule has 0 aliphatic carbocycles. The molecule has 24 heavy (non-hydrogen) atoms. The lowest BCUT2D eigenvalue weighted by Gasteiger charge is -2.22. The predicted molar refractivity (Wildman–Crippen MR) is 87.8 cm³/mol. The molecule has 3 rings (SSSR count). The van der Waals surface area contributed by atoms with E-state index in [4.69, 9.17) is 9.26 Å². The van der Waals surface area contributed by atoms with Gasteiger partial charge in [0.1, 0.15) is 5.75 Å². The van der Waals surface area contributed by atoms with E-state index in [1.165, 1.54) is 0 Å². The summed E-state index contributed by atoms with van der Waals surface area (Å²) in [5.41, 5.74) is 0.929. The Morgan fingerprint density at radius 3 is 2.92 bits per heavy atom. The molecule has 1 N–H and O–H groups in total. The lowest BCUT2D eigenvalue weighted by Crippen LogP contribution is -2.41. The number of aromatic nitrogens is 2. The first-order valence-corrected chi connectivity index (χ1v) is 7.91. The fraction of sp³-hybridized carbons (Fsp3) is 0.471. The zero-order valence-corrected chi connectivity index (χ0v) is 14.4. The van der Waals surface area contributed by atoms with Crippen LogP contribution in [-0.2, 0) is 18.5 Å². The Morgan fingerprint density at radius 2 is 2.17 bits per heavy atom. The monoisotopic (exact) mass is 330 g/mol. The number of nitrogens with one attached hydrogen (secondary N) is 1. The number of ether oxygens (including phenoxy) is 1. The maximum absolute atomic E-state index is 12.6. The molecule has 2 aromatic rings. The number of fused-ring (bicyclic) bond motifs is 1. The molecule has 1 aromatic heterocycles. The third-order valence-electron chi connectivity index (χ3n) is 3.86. The van der Waals surface area contributed by atoms with Crippen molar-refractivity contribution in [3.63, 3.8) is 0 Å². The molecule has 0 saturated heterocycles. The van der Waals surface area contributed by atoms with Crippen LogP contribution < -0.4 is 10.1 Å². The number of carbonyl (C=O) groups excluding carboxylic acids is 1. The van der Waals surface area contributed by atoms with E-state index in [0.717, 1.165) is 17.7 Å². The maximum Gasteiger partial charge on any atom is 0.252 e. The Kier molecular flexibility index (Phi) is 4.28. The number of benzene rings is 1. The highest BCUT2D eigenvalue weighted by atomic mass is 16.5. The van der Waals surface area contributed by atoms with Crippen LogP contribution in [0.2, 0.25) is 0 Å². The molecule has 1 aromatic carbocycles. The van der Waals surface area contributed by atoms with Crippen molar-refractivity contribution in [2.45, 2.75) is 32.4 Å². The van der Waals surface area contributed by atoms with Crippen LogP contribution >= 0.6 is 0 Å². The smallest absolute Gasteiger partial charge is 0.252 e. The minimum absolute atomic E-state index is 0.173. The second kappa shape index (κ2) is 6.24. The molecular weight excluding hydrogens is 308 g/mol. The molecule has 0 unspecified atom stereocenters. The molecule has 2 heterocycles. The molecule has 0 saturated carbocycles. The summed E-state index contributed by atoms with van der Waals surface area (Å²) >= 11 is 0. The summed E-state index contributed by atoms with van der Waals surface area (Å²) in [6, 6.07) is 5.48. The number of carbonyl (C=O) groups is 1. The standard InChI is InChI=1S/C17H22N4O3/c1-17(2,16-18-14(24-20-16)10-21(3)4)19-15(22)12-5-6-13-11(9-12)7-8-23-13/h5-6,9H,7-8,10H2,1-4H3,(H,19,22). The number of nitrogens with zero attached hydrogens (tertiary/aromatic N) is 3. The van der Waals surface area contributed by atoms with E-state index < -0.39 is 5.54 Å². The van der Waals surface area contributed by atoms with E-state index in [1.807, 2.05) is 45.0 Å². The quantitative estimate of drug-likeness (QED) is 0.899. The van der Waals surface area contributed by atoms with Crippen LogP contribution in [0.4, 0.5) is 0 Å². The van der Waals surface area contributed by atoms with Gasteiger partial charge < -0.3 is 19.5 Å². The van der Waals surface area contributed by atoms with E-state index in [0.29, 0.717) is 30.4 Å². The van der Waals surface area contributed by atoms with Crippen LogP contribution in [0.5, 0.6) is 5.75 Å². The Bertz CT molecular complexity index is 752. The van der Waals surface area contributed by atoms with Gasteiger partial charge in [0.15, 0.2) is 5.82 Å². The second-order valence-electron chi connectivity index (χ2n) is 6.75. The first-order valence-electron chi connectivity index (χ1n) is 7.91. The van der Waals surface area contributed by atoms with Crippen molar-refractivity contribution in [3.05, 3.63) is 41.0 Å². The van der Waals surface area contributed by atoms with Crippen LogP contribution in [0, 0.1) is 0 Å². The van der Waals surface area contributed by atoms with Gasteiger partial charge in [0.05, 0.1) is 18.7 Å². The van der Waals surface area contributed by atoms with Crippen molar-refractivity contribution in [1.29, 1.82) is 0 Å². The zero-order chi connectivity index (χ0) is 17.3. The summed E-state index contributed by atoms with van der Waals surface area (Å²) in [5, 5.41) is 6.97. The highest BCUT2D eigenvalue weighted by molar-refractivity contribution is 5.95. The van der Waals surface area contributed by atoms with Gasteiger partial charge in [-0.3, -0.25) is 4.79 Å². The molecular formula is C17H22N4O3. The van der Waals surface area contributed by atoms with Gasteiger partial charge in [-0.05, 0) is 51.7 Å². The van der Waals surface area contributed by atoms with Gasteiger partial charge in [-0.1, -0.05) is 5.16 Å². The predicted octanol–water partition coefficient (Wildman–Crippen LogP) is 1.73. The molecule has 0 fully saturated rings. The number of amides is 1. The molecule has 128 valence electrons. The van der Waals surface area contributed by atoms with Crippen molar-refractivity contribution in [3.8, 4) is 5.75 Å². The second-order valence-corrected chi connectivity index (χ2v) is 6.75. The summed E-state index contributed by atoms with van der Waals surface area (Å²) in [7, 11) is 3.85. The summed E-state index contributed by atoms with van der Waals surface area (Å²) in [5.74, 6) is 1.66. The molecule has 1 amide bonds. The maximum atomic E-state index is 12.6. The van der Waals surface area contributed by atoms with Gasteiger partial charge in [0, 0.05) is 12.0 Å². The molecule has 0 bridgehead atoms.